The molecule has 0 saturated carbocycles. The van der Waals surface area contributed by atoms with Crippen LogP contribution >= 0.6 is 23.1 Å². The third kappa shape index (κ3) is 2.77. The van der Waals surface area contributed by atoms with Gasteiger partial charge in [-0.3, -0.25) is 4.79 Å². The van der Waals surface area contributed by atoms with Gasteiger partial charge < -0.3 is 0 Å². The van der Waals surface area contributed by atoms with Crippen LogP contribution < -0.4 is 5.56 Å². The second-order valence-corrected chi connectivity index (χ2v) is 8.10. The lowest BCUT2D eigenvalue weighted by molar-refractivity contribution is 0.796. The Morgan fingerprint density at radius 1 is 1.07 bits per heavy atom. The molecule has 4 aromatic heterocycles. The molecule has 0 fully saturated rings. The van der Waals surface area contributed by atoms with Crippen LogP contribution in [0, 0.1) is 13.8 Å². The Hall–Kier alpha value is -2.85. The number of benzene rings is 1. The first-order chi connectivity index (χ1) is 13.1. The Kier molecular flexibility index (Phi) is 3.69. The van der Waals surface area contributed by atoms with E-state index in [1.54, 1.807) is 4.52 Å². The number of aryl methyl sites for hydroxylation is 2. The molecule has 0 saturated heterocycles. The van der Waals surface area contributed by atoms with E-state index in [4.69, 9.17) is 4.98 Å². The van der Waals surface area contributed by atoms with Crippen molar-refractivity contribution in [3.8, 4) is 0 Å². The summed E-state index contributed by atoms with van der Waals surface area (Å²) in [5.74, 6) is 1.19. The number of nitrogens with zero attached hydrogens (tertiary/aromatic N) is 7. The highest BCUT2D eigenvalue weighted by molar-refractivity contribution is 7.98. The van der Waals surface area contributed by atoms with Crippen molar-refractivity contribution in [1.82, 2.24) is 34.2 Å². The molecule has 0 unspecified atom stereocenters. The lowest BCUT2D eigenvalue weighted by Gasteiger charge is -2.06. The van der Waals surface area contributed by atoms with Gasteiger partial charge in [0.25, 0.3) is 5.56 Å². The molecular weight excluding hydrogens is 382 g/mol. The largest absolute Gasteiger partial charge is 0.275 e. The van der Waals surface area contributed by atoms with Crippen molar-refractivity contribution < 1.29 is 0 Å². The van der Waals surface area contributed by atoms with Crippen molar-refractivity contribution in [3.63, 3.8) is 0 Å². The second-order valence-electron chi connectivity index (χ2n) is 6.00. The van der Waals surface area contributed by atoms with Crippen molar-refractivity contribution >= 4 is 44.6 Å². The molecule has 0 aliphatic carbocycles. The number of fused-ring (bicyclic) bond motifs is 4. The van der Waals surface area contributed by atoms with Crippen molar-refractivity contribution in [2.24, 2.45) is 0 Å². The van der Waals surface area contributed by atoms with Gasteiger partial charge in [0.1, 0.15) is 10.8 Å². The highest BCUT2D eigenvalue weighted by Gasteiger charge is 2.13. The Labute approximate surface area is 160 Å². The van der Waals surface area contributed by atoms with Gasteiger partial charge >= 0.3 is 0 Å². The molecule has 4 heterocycles. The maximum absolute atomic E-state index is 12.2. The normalized spacial score (nSPS) is 11.8. The van der Waals surface area contributed by atoms with Crippen LogP contribution in [0.15, 0.2) is 40.3 Å². The minimum atomic E-state index is -0.173. The fraction of sp³-hybridized carbons (Fsp3) is 0.176. The molecule has 27 heavy (non-hydrogen) atoms. The van der Waals surface area contributed by atoms with E-state index < -0.39 is 0 Å². The number of rotatable bonds is 3. The smallest absolute Gasteiger partial charge is 0.267 e. The van der Waals surface area contributed by atoms with Crippen LogP contribution in [0.5, 0.6) is 0 Å². The second kappa shape index (κ2) is 6.10. The highest BCUT2D eigenvalue weighted by atomic mass is 32.2. The Morgan fingerprint density at radius 3 is 2.81 bits per heavy atom. The zero-order chi connectivity index (χ0) is 18.5. The molecule has 10 heteroatoms. The van der Waals surface area contributed by atoms with E-state index >= 15 is 0 Å². The fourth-order valence-corrected chi connectivity index (χ4v) is 4.50. The Balaban J connectivity index is 1.57. The van der Waals surface area contributed by atoms with E-state index in [9.17, 15) is 4.79 Å². The van der Waals surface area contributed by atoms with E-state index in [-0.39, 0.29) is 5.56 Å². The number of hydrogen-bond acceptors (Lipinski definition) is 8. The van der Waals surface area contributed by atoms with E-state index in [1.807, 2.05) is 38.1 Å². The van der Waals surface area contributed by atoms with Crippen LogP contribution in [-0.4, -0.2) is 34.2 Å². The molecule has 5 aromatic rings. The number of para-hydroxylation sites is 1. The predicted molar refractivity (Wildman–Crippen MR) is 104 cm³/mol. The van der Waals surface area contributed by atoms with Gasteiger partial charge in [0.2, 0.25) is 4.96 Å². The van der Waals surface area contributed by atoms with Gasteiger partial charge in [-0.2, -0.15) is 14.1 Å². The average molecular weight is 395 g/mol. The van der Waals surface area contributed by atoms with E-state index in [0.717, 1.165) is 21.6 Å². The maximum Gasteiger partial charge on any atom is 0.275 e. The highest BCUT2D eigenvalue weighted by Crippen LogP contribution is 2.25. The van der Waals surface area contributed by atoms with Gasteiger partial charge in [-0.1, -0.05) is 35.2 Å². The van der Waals surface area contributed by atoms with E-state index in [0.29, 0.717) is 27.4 Å². The van der Waals surface area contributed by atoms with Crippen molar-refractivity contribution in [2.75, 3.05) is 0 Å². The van der Waals surface area contributed by atoms with Crippen molar-refractivity contribution in [3.05, 3.63) is 57.2 Å². The number of aromatic nitrogens is 7. The molecule has 0 atom stereocenters. The van der Waals surface area contributed by atoms with Crippen LogP contribution in [0.2, 0.25) is 0 Å². The molecule has 1 aromatic carbocycles. The summed E-state index contributed by atoms with van der Waals surface area (Å²) in [6.45, 7) is 3.72. The third-order valence-electron chi connectivity index (χ3n) is 4.00. The van der Waals surface area contributed by atoms with Crippen LogP contribution in [0.3, 0.4) is 0 Å². The van der Waals surface area contributed by atoms with Crippen LogP contribution in [-0.2, 0) is 5.75 Å². The molecule has 0 N–H and O–H groups in total. The molecule has 0 bridgehead atoms. The maximum atomic E-state index is 12.2. The van der Waals surface area contributed by atoms with Crippen molar-refractivity contribution in [1.29, 1.82) is 0 Å². The fourth-order valence-electron chi connectivity index (χ4n) is 2.89. The van der Waals surface area contributed by atoms with Gasteiger partial charge in [0.05, 0.1) is 11.2 Å². The zero-order valence-electron chi connectivity index (χ0n) is 14.4. The molecule has 0 amide bonds. The summed E-state index contributed by atoms with van der Waals surface area (Å²) >= 11 is 2.88. The van der Waals surface area contributed by atoms with Crippen molar-refractivity contribution in [2.45, 2.75) is 24.8 Å². The van der Waals surface area contributed by atoms with Crippen LogP contribution in [0.4, 0.5) is 0 Å². The lowest BCUT2D eigenvalue weighted by Crippen LogP contribution is -2.15. The summed E-state index contributed by atoms with van der Waals surface area (Å²) in [4.78, 5) is 26.6. The van der Waals surface area contributed by atoms with Crippen LogP contribution in [0.25, 0.3) is 21.5 Å². The van der Waals surface area contributed by atoms with Crippen LogP contribution in [0.1, 0.15) is 16.5 Å². The third-order valence-corrected chi connectivity index (χ3v) is 5.79. The van der Waals surface area contributed by atoms with E-state index in [2.05, 4.69) is 20.2 Å². The minimum Gasteiger partial charge on any atom is -0.267 e. The van der Waals surface area contributed by atoms with E-state index in [1.165, 1.54) is 33.7 Å². The Morgan fingerprint density at radius 2 is 1.93 bits per heavy atom. The van der Waals surface area contributed by atoms with Gasteiger partial charge in [-0.25, -0.2) is 15.0 Å². The number of thioether (sulfide) groups is 1. The van der Waals surface area contributed by atoms with Gasteiger partial charge in [0, 0.05) is 17.2 Å². The average Bonchev–Trinajstić information content (AvgIpc) is 3.22. The lowest BCUT2D eigenvalue weighted by atomic mass is 10.2. The molecule has 5 rings (SSSR count). The molecule has 8 nitrogen and oxygen atoms in total. The standard InChI is InChI=1S/C17H13N7OS2/c1-9-18-15-12-5-3-4-6-13(12)20-16(24(15)21-9)26-8-11-7-14(25)23-17(19-11)27-10(2)22-23/h3-7H,8H2,1-2H3. The topological polar surface area (TPSA) is 90.3 Å². The molecular formula is C17H13N7OS2. The minimum absolute atomic E-state index is 0.173. The number of hydrogen-bond donors (Lipinski definition) is 0. The Bertz CT molecular complexity index is 1390. The monoisotopic (exact) mass is 395 g/mol. The SMILES string of the molecule is Cc1nc2c3ccccc3nc(SCc3cc(=O)n4nc(C)sc4n3)n2n1. The summed E-state index contributed by atoms with van der Waals surface area (Å²) in [5, 5.41) is 11.1. The predicted octanol–water partition coefficient (Wildman–Crippen LogP) is 2.65. The molecule has 0 radical (unpaired) electrons. The first-order valence-electron chi connectivity index (χ1n) is 8.20. The summed E-state index contributed by atoms with van der Waals surface area (Å²) in [7, 11) is 0. The molecule has 0 aliphatic rings. The zero-order valence-corrected chi connectivity index (χ0v) is 16.1. The van der Waals surface area contributed by atoms with Gasteiger partial charge in [0.15, 0.2) is 10.8 Å². The molecule has 134 valence electrons. The first-order valence-corrected chi connectivity index (χ1v) is 10.00. The molecule has 0 aliphatic heterocycles. The summed E-state index contributed by atoms with van der Waals surface area (Å²) in [6.07, 6.45) is 0. The first kappa shape index (κ1) is 16.3. The molecule has 0 spiro atoms. The summed E-state index contributed by atoms with van der Waals surface area (Å²) < 4.78 is 3.09. The van der Waals surface area contributed by atoms with Gasteiger partial charge in [-0.15, -0.1) is 5.10 Å². The quantitative estimate of drug-likeness (QED) is 0.343. The van der Waals surface area contributed by atoms with Gasteiger partial charge in [-0.05, 0) is 26.0 Å². The summed E-state index contributed by atoms with van der Waals surface area (Å²) in [6, 6.07) is 9.38. The summed E-state index contributed by atoms with van der Waals surface area (Å²) in [5.41, 5.74) is 2.16.